The van der Waals surface area contributed by atoms with E-state index in [4.69, 9.17) is 5.26 Å². The van der Waals surface area contributed by atoms with E-state index in [9.17, 15) is 13.5 Å². The number of β-amino-alcohol motifs (C(OH)–C–C–N with tert-alkyl or cyclic N) is 1. The summed E-state index contributed by atoms with van der Waals surface area (Å²) < 4.78 is 26.5. The molecule has 2 heterocycles. The number of aromatic nitrogens is 1. The number of sulfonamides is 1. The van der Waals surface area contributed by atoms with Gasteiger partial charge in [-0.3, -0.25) is 0 Å². The molecule has 1 unspecified atom stereocenters. The molecular formula is C21H24N4O3S. The maximum atomic E-state index is 12.6. The minimum Gasteiger partial charge on any atom is -0.391 e. The minimum atomic E-state index is -3.54. The third kappa shape index (κ3) is 3.98. The molecule has 1 aliphatic rings. The van der Waals surface area contributed by atoms with Crippen molar-refractivity contribution in [3.8, 4) is 17.8 Å². The number of H-pyrrole nitrogens is 1. The van der Waals surface area contributed by atoms with Crippen LogP contribution in [0, 0.1) is 11.8 Å². The molecule has 0 bridgehead atoms. The van der Waals surface area contributed by atoms with Crippen LogP contribution in [0.5, 0.6) is 0 Å². The fraction of sp³-hybridized carbons (Fsp3) is 0.286. The van der Waals surface area contributed by atoms with E-state index in [2.05, 4.69) is 16.5 Å². The van der Waals surface area contributed by atoms with Gasteiger partial charge in [0.1, 0.15) is 0 Å². The molecule has 2 N–H and O–H groups in total. The van der Waals surface area contributed by atoms with Crippen LogP contribution in [0.2, 0.25) is 0 Å². The molecule has 0 aliphatic carbocycles. The van der Waals surface area contributed by atoms with Crippen molar-refractivity contribution in [2.24, 2.45) is 0 Å². The number of nitrogens with one attached hydrogen (secondary N) is 1. The summed E-state index contributed by atoms with van der Waals surface area (Å²) in [5.41, 5.74) is 3.61. The number of fused-ring (bicyclic) bond motifs is 1. The van der Waals surface area contributed by atoms with Crippen LogP contribution in [0.1, 0.15) is 6.42 Å². The van der Waals surface area contributed by atoms with E-state index in [1.165, 1.54) is 18.4 Å². The topological polar surface area (TPSA) is 100 Å². The molecule has 1 aliphatic heterocycles. The van der Waals surface area contributed by atoms with Crippen molar-refractivity contribution in [1.29, 1.82) is 5.26 Å². The first-order valence-corrected chi connectivity index (χ1v) is 10.6. The SMILES string of the molecule is C#N.CN(C)S(=O)(=O)c1ccc(N2CCC(O)C2)c(-c2cc3ccccc3[nH]2)c1. The van der Waals surface area contributed by atoms with Crippen molar-refractivity contribution >= 4 is 26.6 Å². The fourth-order valence-corrected chi connectivity index (χ4v) is 4.49. The van der Waals surface area contributed by atoms with Crippen molar-refractivity contribution in [2.75, 3.05) is 32.1 Å². The summed E-state index contributed by atoms with van der Waals surface area (Å²) in [6.45, 7) is 4.79. The number of nitriles is 1. The number of anilines is 1. The van der Waals surface area contributed by atoms with Crippen molar-refractivity contribution < 1.29 is 13.5 Å². The lowest BCUT2D eigenvalue weighted by atomic mass is 10.1. The number of hydrogen-bond donors (Lipinski definition) is 2. The second-order valence-electron chi connectivity index (χ2n) is 7.13. The smallest absolute Gasteiger partial charge is 0.242 e. The highest BCUT2D eigenvalue weighted by atomic mass is 32.2. The van der Waals surface area contributed by atoms with Crippen LogP contribution < -0.4 is 4.90 Å². The Balaban J connectivity index is 0.00000117. The summed E-state index contributed by atoms with van der Waals surface area (Å²) in [4.78, 5) is 5.76. The molecule has 2 aromatic carbocycles. The summed E-state index contributed by atoms with van der Waals surface area (Å²) in [6, 6.07) is 15.2. The zero-order valence-electron chi connectivity index (χ0n) is 16.4. The molecule has 0 radical (unpaired) electrons. The Kier molecular flexibility index (Phi) is 5.94. The Morgan fingerprint density at radius 1 is 1.17 bits per heavy atom. The summed E-state index contributed by atoms with van der Waals surface area (Å²) in [5.74, 6) is 0. The molecule has 152 valence electrons. The highest BCUT2D eigenvalue weighted by Crippen LogP contribution is 2.36. The molecule has 29 heavy (non-hydrogen) atoms. The van der Waals surface area contributed by atoms with Crippen LogP contribution in [0.4, 0.5) is 5.69 Å². The Morgan fingerprint density at radius 2 is 1.90 bits per heavy atom. The monoisotopic (exact) mass is 412 g/mol. The Bertz CT molecular complexity index is 1100. The first-order valence-electron chi connectivity index (χ1n) is 9.20. The lowest BCUT2D eigenvalue weighted by Gasteiger charge is -2.22. The van der Waals surface area contributed by atoms with Crippen molar-refractivity contribution in [3.05, 3.63) is 48.5 Å². The number of aromatic amines is 1. The molecule has 1 saturated heterocycles. The number of aliphatic hydroxyl groups excluding tert-OH is 1. The maximum absolute atomic E-state index is 12.6. The third-order valence-corrected chi connectivity index (χ3v) is 6.88. The van der Waals surface area contributed by atoms with E-state index in [0.717, 1.165) is 34.4 Å². The first-order chi connectivity index (χ1) is 13.9. The first kappa shape index (κ1) is 20.9. The van der Waals surface area contributed by atoms with Gasteiger partial charge >= 0.3 is 0 Å². The van der Waals surface area contributed by atoms with Gasteiger partial charge in [0.15, 0.2) is 0 Å². The molecule has 3 aromatic rings. The third-order valence-electron chi connectivity index (χ3n) is 5.07. The van der Waals surface area contributed by atoms with E-state index in [-0.39, 0.29) is 11.0 Å². The van der Waals surface area contributed by atoms with E-state index >= 15 is 0 Å². The normalized spacial score (nSPS) is 16.8. The van der Waals surface area contributed by atoms with E-state index < -0.39 is 10.0 Å². The molecular weight excluding hydrogens is 388 g/mol. The van der Waals surface area contributed by atoms with Crippen LogP contribution in [0.15, 0.2) is 53.4 Å². The molecule has 7 nitrogen and oxygen atoms in total. The van der Waals surface area contributed by atoms with Gasteiger partial charge < -0.3 is 15.0 Å². The molecule has 0 saturated carbocycles. The molecule has 8 heteroatoms. The van der Waals surface area contributed by atoms with Gasteiger partial charge in [-0.15, -0.1) is 0 Å². The van der Waals surface area contributed by atoms with E-state index in [0.29, 0.717) is 13.0 Å². The number of aliphatic hydroxyl groups is 1. The second kappa shape index (κ2) is 8.25. The van der Waals surface area contributed by atoms with Gasteiger partial charge in [-0.1, -0.05) is 18.2 Å². The predicted octanol–water partition coefficient (Wildman–Crippen LogP) is 2.80. The van der Waals surface area contributed by atoms with Gasteiger partial charge in [0.25, 0.3) is 0 Å². The molecule has 1 atom stereocenters. The quantitative estimate of drug-likeness (QED) is 0.686. The van der Waals surface area contributed by atoms with Gasteiger partial charge in [-0.25, -0.2) is 18.0 Å². The largest absolute Gasteiger partial charge is 0.391 e. The van der Waals surface area contributed by atoms with Crippen LogP contribution >= 0.6 is 0 Å². The summed E-state index contributed by atoms with van der Waals surface area (Å²) in [5, 5.41) is 17.5. The standard InChI is InChI=1S/C20H23N3O3S.CHN/c1-22(2)27(25,26)16-7-8-20(23-10-9-15(24)13-23)17(12-16)19-11-14-5-3-4-6-18(14)21-19;1-2/h3-8,11-12,15,21,24H,9-10,13H2,1-2H3;1H. The number of benzene rings is 2. The minimum absolute atomic E-state index is 0.254. The van der Waals surface area contributed by atoms with E-state index in [1.807, 2.05) is 36.4 Å². The number of para-hydroxylation sites is 1. The summed E-state index contributed by atoms with van der Waals surface area (Å²) in [7, 11) is -0.476. The average molecular weight is 413 g/mol. The zero-order valence-corrected chi connectivity index (χ0v) is 17.2. The van der Waals surface area contributed by atoms with Crippen LogP contribution in [0.3, 0.4) is 0 Å². The van der Waals surface area contributed by atoms with Gasteiger partial charge in [0, 0.05) is 61.6 Å². The summed E-state index contributed by atoms with van der Waals surface area (Å²) >= 11 is 0. The second-order valence-corrected chi connectivity index (χ2v) is 9.28. The van der Waals surface area contributed by atoms with Gasteiger partial charge in [0.2, 0.25) is 10.0 Å². The molecule has 1 aromatic heterocycles. The Morgan fingerprint density at radius 3 is 2.52 bits per heavy atom. The molecule has 4 rings (SSSR count). The lowest BCUT2D eigenvalue weighted by molar-refractivity contribution is 0.198. The summed E-state index contributed by atoms with van der Waals surface area (Å²) in [6.07, 6.45) is 0.356. The van der Waals surface area contributed by atoms with Gasteiger partial charge in [-0.05, 0) is 36.8 Å². The number of hydrogen-bond acceptors (Lipinski definition) is 5. The van der Waals surface area contributed by atoms with Crippen LogP contribution in [-0.2, 0) is 10.0 Å². The van der Waals surface area contributed by atoms with Crippen molar-refractivity contribution in [2.45, 2.75) is 17.4 Å². The average Bonchev–Trinajstić information content (AvgIpc) is 3.35. The maximum Gasteiger partial charge on any atom is 0.242 e. The van der Waals surface area contributed by atoms with Crippen LogP contribution in [0.25, 0.3) is 22.2 Å². The number of rotatable bonds is 4. The van der Waals surface area contributed by atoms with Gasteiger partial charge in [-0.2, -0.15) is 0 Å². The Labute approximate surface area is 170 Å². The van der Waals surface area contributed by atoms with Crippen LogP contribution in [-0.4, -0.2) is 56.1 Å². The highest BCUT2D eigenvalue weighted by molar-refractivity contribution is 7.89. The molecule has 1 fully saturated rings. The number of nitrogens with zero attached hydrogens (tertiary/aromatic N) is 3. The molecule has 0 spiro atoms. The zero-order chi connectivity index (χ0) is 21.2. The highest BCUT2D eigenvalue weighted by Gasteiger charge is 2.25. The van der Waals surface area contributed by atoms with Gasteiger partial charge in [0.05, 0.1) is 11.0 Å². The Hall–Kier alpha value is -2.86. The predicted molar refractivity (Wildman–Crippen MR) is 114 cm³/mol. The lowest BCUT2D eigenvalue weighted by Crippen LogP contribution is -2.24. The van der Waals surface area contributed by atoms with Crippen molar-refractivity contribution in [1.82, 2.24) is 9.29 Å². The van der Waals surface area contributed by atoms with E-state index in [1.54, 1.807) is 12.1 Å². The molecule has 0 amide bonds. The van der Waals surface area contributed by atoms with Crippen molar-refractivity contribution in [3.63, 3.8) is 0 Å². The fourth-order valence-electron chi connectivity index (χ4n) is 3.56.